The summed E-state index contributed by atoms with van der Waals surface area (Å²) < 4.78 is 29.4. The molecule has 1 aromatic carbocycles. The van der Waals surface area contributed by atoms with E-state index < -0.39 is 25.7 Å². The lowest BCUT2D eigenvalue weighted by Gasteiger charge is -2.37. The molecule has 0 amide bonds. The molecule has 2 unspecified atom stereocenters. The van der Waals surface area contributed by atoms with Crippen LogP contribution in [0.1, 0.15) is 38.3 Å². The van der Waals surface area contributed by atoms with E-state index >= 15 is 0 Å². The van der Waals surface area contributed by atoms with Gasteiger partial charge in [-0.2, -0.15) is 0 Å². The maximum atomic E-state index is 14.1. The Labute approximate surface area is 224 Å². The second kappa shape index (κ2) is 8.71. The van der Waals surface area contributed by atoms with E-state index in [4.69, 9.17) is 11.6 Å². The van der Waals surface area contributed by atoms with Gasteiger partial charge in [-0.05, 0) is 61.1 Å². The van der Waals surface area contributed by atoms with Crippen LogP contribution in [0.3, 0.4) is 0 Å². The standard InChI is InChI=1S/C29H26ClN3O4S/c1-18-14-21(23-16-26(34)32(22-8-9-22)17-24(23)19-6-4-3-5-7-19)15-25(30)29(18,2)38(36,37)33-13-11-20-10-12-31-28(35)27(20)33/h3-7,10-17,22,25H,8-9H2,1-2H3,(H,31,35). The van der Waals surface area contributed by atoms with Crippen LogP contribution >= 0.6 is 11.6 Å². The SMILES string of the molecule is CC1=CC(c2cc(=O)n(C3CC3)cc2-c2ccccc2)=CC(Cl)C1(C)S(=O)(=O)n1ccc2cc[nH]c(=O)c21. The van der Waals surface area contributed by atoms with Gasteiger partial charge in [-0.1, -0.05) is 42.5 Å². The summed E-state index contributed by atoms with van der Waals surface area (Å²) in [5.74, 6) is 0. The molecule has 9 heteroatoms. The monoisotopic (exact) mass is 547 g/mol. The van der Waals surface area contributed by atoms with Gasteiger partial charge in [0.05, 0.1) is 5.38 Å². The van der Waals surface area contributed by atoms with E-state index in [0.717, 1.165) is 27.9 Å². The van der Waals surface area contributed by atoms with Crippen molar-refractivity contribution in [2.24, 2.45) is 0 Å². The summed E-state index contributed by atoms with van der Waals surface area (Å²) >= 11 is 6.91. The van der Waals surface area contributed by atoms with E-state index in [1.165, 1.54) is 12.4 Å². The van der Waals surface area contributed by atoms with Gasteiger partial charge in [-0.3, -0.25) is 9.59 Å². The lowest BCUT2D eigenvalue weighted by molar-refractivity contribution is 0.548. The van der Waals surface area contributed by atoms with E-state index in [9.17, 15) is 18.0 Å². The predicted molar refractivity (Wildman–Crippen MR) is 151 cm³/mol. The number of hydrogen-bond donors (Lipinski definition) is 1. The molecule has 2 atom stereocenters. The van der Waals surface area contributed by atoms with E-state index in [0.29, 0.717) is 22.1 Å². The van der Waals surface area contributed by atoms with E-state index in [2.05, 4.69) is 4.98 Å². The van der Waals surface area contributed by atoms with Crippen molar-refractivity contribution in [2.75, 3.05) is 0 Å². The Bertz CT molecular complexity index is 1880. The first-order valence-electron chi connectivity index (χ1n) is 12.4. The van der Waals surface area contributed by atoms with Gasteiger partial charge in [0.1, 0.15) is 10.3 Å². The number of fused-ring (bicyclic) bond motifs is 1. The number of aromatic nitrogens is 3. The van der Waals surface area contributed by atoms with Gasteiger partial charge < -0.3 is 9.55 Å². The summed E-state index contributed by atoms with van der Waals surface area (Å²) in [6, 6.07) is 14.9. The number of hydrogen-bond acceptors (Lipinski definition) is 4. The van der Waals surface area contributed by atoms with Crippen molar-refractivity contribution in [3.8, 4) is 11.1 Å². The molecule has 1 fully saturated rings. The van der Waals surface area contributed by atoms with Crippen LogP contribution in [0.15, 0.2) is 94.4 Å². The number of H-pyrrole nitrogens is 1. The minimum Gasteiger partial charge on any atom is -0.327 e. The predicted octanol–water partition coefficient (Wildman–Crippen LogP) is 5.08. The van der Waals surface area contributed by atoms with Gasteiger partial charge in [0.15, 0.2) is 0 Å². The first-order valence-corrected chi connectivity index (χ1v) is 14.3. The third-order valence-electron chi connectivity index (χ3n) is 7.79. The van der Waals surface area contributed by atoms with Crippen LogP contribution in [0.2, 0.25) is 0 Å². The average Bonchev–Trinajstić information content (AvgIpc) is 3.64. The van der Waals surface area contributed by atoms with Crippen LogP contribution in [-0.4, -0.2) is 32.1 Å². The Morgan fingerprint density at radius 1 is 1.05 bits per heavy atom. The molecule has 194 valence electrons. The summed E-state index contributed by atoms with van der Waals surface area (Å²) in [4.78, 5) is 28.2. The molecular formula is C29H26ClN3O4S. The van der Waals surface area contributed by atoms with Gasteiger partial charge in [0, 0.05) is 41.6 Å². The number of benzene rings is 1. The van der Waals surface area contributed by atoms with E-state index in [-0.39, 0.29) is 17.1 Å². The highest BCUT2D eigenvalue weighted by Gasteiger charge is 2.49. The zero-order chi connectivity index (χ0) is 26.8. The summed E-state index contributed by atoms with van der Waals surface area (Å²) in [6.07, 6.45) is 10.2. The van der Waals surface area contributed by atoms with Gasteiger partial charge in [-0.25, -0.2) is 12.4 Å². The number of rotatable bonds is 5. The second-order valence-corrected chi connectivity index (χ2v) is 12.8. The fourth-order valence-corrected chi connectivity index (χ4v) is 7.74. The molecule has 2 aliphatic carbocycles. The molecule has 3 aromatic heterocycles. The summed E-state index contributed by atoms with van der Waals surface area (Å²) in [6.45, 7) is 3.30. The van der Waals surface area contributed by atoms with E-state index in [1.54, 1.807) is 48.8 Å². The highest BCUT2D eigenvalue weighted by Crippen LogP contribution is 2.44. The fraction of sp³-hybridized carbons (Fsp3) is 0.241. The maximum Gasteiger partial charge on any atom is 0.273 e. The number of nitrogens with zero attached hydrogens (tertiary/aromatic N) is 2. The first-order chi connectivity index (χ1) is 18.1. The molecule has 1 N–H and O–H groups in total. The molecule has 6 rings (SSSR count). The number of nitrogens with one attached hydrogen (secondary N) is 1. The molecule has 0 spiro atoms. The largest absolute Gasteiger partial charge is 0.327 e. The Morgan fingerprint density at radius 3 is 2.47 bits per heavy atom. The summed E-state index contributed by atoms with van der Waals surface area (Å²) in [5, 5.41) is -0.452. The van der Waals surface area contributed by atoms with Crippen molar-refractivity contribution in [1.29, 1.82) is 0 Å². The number of pyridine rings is 2. The minimum atomic E-state index is -4.17. The molecule has 3 heterocycles. The smallest absolute Gasteiger partial charge is 0.273 e. The van der Waals surface area contributed by atoms with Crippen molar-refractivity contribution >= 4 is 38.1 Å². The van der Waals surface area contributed by atoms with Crippen molar-refractivity contribution in [1.82, 2.24) is 13.5 Å². The van der Waals surface area contributed by atoms with Crippen molar-refractivity contribution in [2.45, 2.75) is 42.9 Å². The number of alkyl halides is 1. The highest BCUT2D eigenvalue weighted by molar-refractivity contribution is 7.91. The second-order valence-electron chi connectivity index (χ2n) is 10.1. The van der Waals surface area contributed by atoms with Crippen LogP contribution in [0.5, 0.6) is 0 Å². The van der Waals surface area contributed by atoms with Gasteiger partial charge in [0.25, 0.3) is 11.1 Å². The molecule has 2 aliphatic rings. The van der Waals surface area contributed by atoms with Crippen LogP contribution in [0.25, 0.3) is 27.6 Å². The Kier molecular flexibility index (Phi) is 5.66. The normalized spacial score (nSPS) is 21.8. The lowest BCUT2D eigenvalue weighted by atomic mass is 9.85. The van der Waals surface area contributed by atoms with Gasteiger partial charge >= 0.3 is 0 Å². The Balaban J connectivity index is 1.49. The fourth-order valence-electron chi connectivity index (χ4n) is 5.22. The van der Waals surface area contributed by atoms with E-state index in [1.807, 2.05) is 36.5 Å². The van der Waals surface area contributed by atoms with Crippen LogP contribution in [0.4, 0.5) is 0 Å². The van der Waals surface area contributed by atoms with Crippen LogP contribution in [0, 0.1) is 0 Å². The third kappa shape index (κ3) is 3.66. The molecule has 0 aliphatic heterocycles. The lowest BCUT2D eigenvalue weighted by Crippen LogP contribution is -2.48. The molecule has 4 aromatic rings. The Hall–Kier alpha value is -3.62. The summed E-state index contributed by atoms with van der Waals surface area (Å²) in [7, 11) is -4.17. The number of aromatic amines is 1. The van der Waals surface area contributed by atoms with Crippen molar-refractivity contribution in [3.05, 3.63) is 111 Å². The Morgan fingerprint density at radius 2 is 1.79 bits per heavy atom. The highest BCUT2D eigenvalue weighted by atomic mass is 35.5. The molecular weight excluding hydrogens is 522 g/mol. The molecule has 0 radical (unpaired) electrons. The molecule has 1 saturated carbocycles. The van der Waals surface area contributed by atoms with Crippen LogP contribution < -0.4 is 11.1 Å². The van der Waals surface area contributed by atoms with Crippen molar-refractivity contribution in [3.63, 3.8) is 0 Å². The average molecular weight is 548 g/mol. The molecule has 0 saturated heterocycles. The van der Waals surface area contributed by atoms with Gasteiger partial charge in [0.2, 0.25) is 10.0 Å². The van der Waals surface area contributed by atoms with Crippen molar-refractivity contribution < 1.29 is 8.42 Å². The third-order valence-corrected chi connectivity index (χ3v) is 11.0. The molecule has 7 nitrogen and oxygen atoms in total. The van der Waals surface area contributed by atoms with Gasteiger partial charge in [-0.15, -0.1) is 11.6 Å². The first kappa shape index (κ1) is 24.7. The topological polar surface area (TPSA) is 93.9 Å². The zero-order valence-corrected chi connectivity index (χ0v) is 22.5. The summed E-state index contributed by atoms with van der Waals surface area (Å²) in [5.41, 5.74) is 3.18. The van der Waals surface area contributed by atoms with Crippen LogP contribution in [-0.2, 0) is 10.0 Å². The number of halogens is 1. The molecule has 38 heavy (non-hydrogen) atoms. The number of allylic oxidation sites excluding steroid dienone is 3. The zero-order valence-electron chi connectivity index (χ0n) is 20.9. The maximum absolute atomic E-state index is 14.1. The minimum absolute atomic E-state index is 0.0511. The molecule has 0 bridgehead atoms. The quantitative estimate of drug-likeness (QED) is 0.353.